The Morgan fingerprint density at radius 3 is 2.63 bits per heavy atom. The molecule has 5 heteroatoms. The zero-order chi connectivity index (χ0) is 19.4. The summed E-state index contributed by atoms with van der Waals surface area (Å²) in [5, 5.41) is 1.03. The number of furan rings is 1. The van der Waals surface area contributed by atoms with Crippen molar-refractivity contribution in [1.82, 2.24) is 14.8 Å². The summed E-state index contributed by atoms with van der Waals surface area (Å²) in [5.74, 6) is 0.0987. The quantitative estimate of drug-likeness (QED) is 0.642. The van der Waals surface area contributed by atoms with Crippen LogP contribution in [0, 0.1) is 13.8 Å². The van der Waals surface area contributed by atoms with Gasteiger partial charge >= 0.3 is 0 Å². The molecule has 0 fully saturated rings. The van der Waals surface area contributed by atoms with Gasteiger partial charge in [0.1, 0.15) is 5.58 Å². The molecule has 2 aromatic heterocycles. The molecule has 27 heavy (non-hydrogen) atoms. The van der Waals surface area contributed by atoms with Crippen LogP contribution in [0.3, 0.4) is 0 Å². The van der Waals surface area contributed by atoms with Crippen LogP contribution < -0.4 is 0 Å². The molecule has 0 spiro atoms. The van der Waals surface area contributed by atoms with Crippen LogP contribution in [0.4, 0.5) is 0 Å². The smallest absolute Gasteiger partial charge is 0.227 e. The van der Waals surface area contributed by atoms with Crippen molar-refractivity contribution < 1.29 is 9.21 Å². The number of fused-ring (bicyclic) bond motifs is 1. The molecule has 0 radical (unpaired) electrons. The van der Waals surface area contributed by atoms with E-state index in [1.54, 1.807) is 12.5 Å². The third-order valence-corrected chi connectivity index (χ3v) is 4.88. The van der Waals surface area contributed by atoms with E-state index in [1.807, 2.05) is 43.4 Å². The predicted molar refractivity (Wildman–Crippen MR) is 108 cm³/mol. The number of benzene rings is 1. The van der Waals surface area contributed by atoms with E-state index < -0.39 is 0 Å². The minimum Gasteiger partial charge on any atom is -0.464 e. The topological polar surface area (TPSA) is 49.6 Å². The molecule has 2 heterocycles. The van der Waals surface area contributed by atoms with Gasteiger partial charge in [0.15, 0.2) is 0 Å². The number of likely N-dealkylation sites (N-methyl/N-ethyl adjacent to an activating group) is 1. The molecule has 0 unspecified atom stereocenters. The van der Waals surface area contributed by atoms with Crippen LogP contribution in [0.15, 0.2) is 47.3 Å². The molecular formula is C22H27N3O2. The van der Waals surface area contributed by atoms with E-state index in [-0.39, 0.29) is 5.91 Å². The summed E-state index contributed by atoms with van der Waals surface area (Å²) in [7, 11) is 4.03. The minimum atomic E-state index is 0.0987. The van der Waals surface area contributed by atoms with Crippen molar-refractivity contribution in [2.75, 3.05) is 27.2 Å². The van der Waals surface area contributed by atoms with Crippen LogP contribution >= 0.6 is 0 Å². The van der Waals surface area contributed by atoms with Crippen LogP contribution in [0.25, 0.3) is 11.0 Å². The third-order valence-electron chi connectivity index (χ3n) is 4.88. The fraction of sp³-hybridized carbons (Fsp3) is 0.364. The van der Waals surface area contributed by atoms with E-state index >= 15 is 0 Å². The van der Waals surface area contributed by atoms with Crippen LogP contribution in [-0.4, -0.2) is 47.9 Å². The Bertz CT molecular complexity index is 916. The van der Waals surface area contributed by atoms with Crippen molar-refractivity contribution in [3.05, 3.63) is 65.2 Å². The van der Waals surface area contributed by atoms with Gasteiger partial charge in [0.25, 0.3) is 0 Å². The van der Waals surface area contributed by atoms with Crippen LogP contribution in [0.1, 0.15) is 22.3 Å². The van der Waals surface area contributed by atoms with Gasteiger partial charge in [-0.25, -0.2) is 0 Å². The molecule has 0 saturated carbocycles. The van der Waals surface area contributed by atoms with Crippen LogP contribution in [0.5, 0.6) is 0 Å². The summed E-state index contributed by atoms with van der Waals surface area (Å²) >= 11 is 0. The second-order valence-corrected chi connectivity index (χ2v) is 7.35. The Morgan fingerprint density at radius 1 is 1.15 bits per heavy atom. The predicted octanol–water partition coefficient (Wildman–Crippen LogP) is 3.58. The fourth-order valence-electron chi connectivity index (χ4n) is 3.07. The SMILES string of the molecule is Cc1cc2occ(CC(=O)N(CCN(C)C)Cc3cccnc3)c2cc1C. The number of carbonyl (C=O) groups is 1. The third kappa shape index (κ3) is 4.74. The maximum atomic E-state index is 13.1. The zero-order valence-electron chi connectivity index (χ0n) is 16.5. The largest absolute Gasteiger partial charge is 0.464 e. The summed E-state index contributed by atoms with van der Waals surface area (Å²) in [5.41, 5.74) is 5.22. The minimum absolute atomic E-state index is 0.0987. The molecule has 0 N–H and O–H groups in total. The lowest BCUT2D eigenvalue weighted by Crippen LogP contribution is -2.37. The highest BCUT2D eigenvalue weighted by Crippen LogP contribution is 2.25. The van der Waals surface area contributed by atoms with E-state index in [9.17, 15) is 4.79 Å². The molecule has 0 aliphatic carbocycles. The van der Waals surface area contributed by atoms with Gasteiger partial charge in [0, 0.05) is 43.0 Å². The summed E-state index contributed by atoms with van der Waals surface area (Å²) in [4.78, 5) is 21.2. The highest BCUT2D eigenvalue weighted by Gasteiger charge is 2.18. The van der Waals surface area contributed by atoms with E-state index in [1.165, 1.54) is 11.1 Å². The summed E-state index contributed by atoms with van der Waals surface area (Å²) in [6.45, 7) is 6.21. The number of nitrogens with zero attached hydrogens (tertiary/aromatic N) is 3. The van der Waals surface area contributed by atoms with Gasteiger partial charge < -0.3 is 14.2 Å². The van der Waals surface area contributed by atoms with Crippen molar-refractivity contribution in [3.63, 3.8) is 0 Å². The van der Waals surface area contributed by atoms with Gasteiger partial charge in [-0.3, -0.25) is 9.78 Å². The van der Waals surface area contributed by atoms with Gasteiger partial charge in [-0.1, -0.05) is 6.07 Å². The number of amides is 1. The maximum Gasteiger partial charge on any atom is 0.227 e. The Morgan fingerprint density at radius 2 is 1.93 bits per heavy atom. The lowest BCUT2D eigenvalue weighted by Gasteiger charge is -2.24. The van der Waals surface area contributed by atoms with Crippen molar-refractivity contribution in [3.8, 4) is 0 Å². The average molecular weight is 365 g/mol. The Hall–Kier alpha value is -2.66. The molecule has 0 aliphatic rings. The molecule has 3 rings (SSSR count). The second-order valence-electron chi connectivity index (χ2n) is 7.35. The molecule has 142 valence electrons. The van der Waals surface area contributed by atoms with Crippen molar-refractivity contribution in [2.24, 2.45) is 0 Å². The number of rotatable bonds is 7. The fourth-order valence-corrected chi connectivity index (χ4v) is 3.07. The van der Waals surface area contributed by atoms with Crippen LogP contribution in [0.2, 0.25) is 0 Å². The highest BCUT2D eigenvalue weighted by molar-refractivity contribution is 5.88. The highest BCUT2D eigenvalue weighted by atomic mass is 16.3. The Labute approximate surface area is 160 Å². The lowest BCUT2D eigenvalue weighted by atomic mass is 10.0. The molecule has 0 atom stereocenters. The first kappa shape index (κ1) is 19.1. The van der Waals surface area contributed by atoms with Gasteiger partial charge in [-0.15, -0.1) is 0 Å². The molecule has 0 bridgehead atoms. The first-order chi connectivity index (χ1) is 12.9. The van der Waals surface area contributed by atoms with Gasteiger partial charge in [0.2, 0.25) is 5.91 Å². The van der Waals surface area contributed by atoms with Crippen molar-refractivity contribution >= 4 is 16.9 Å². The van der Waals surface area contributed by atoms with Gasteiger partial charge in [0.05, 0.1) is 12.7 Å². The zero-order valence-corrected chi connectivity index (χ0v) is 16.5. The van der Waals surface area contributed by atoms with Gasteiger partial charge in [-0.2, -0.15) is 0 Å². The monoisotopic (exact) mass is 365 g/mol. The van der Waals surface area contributed by atoms with E-state index in [2.05, 4.69) is 29.8 Å². The first-order valence-electron chi connectivity index (χ1n) is 9.23. The summed E-state index contributed by atoms with van der Waals surface area (Å²) in [6.07, 6.45) is 5.62. The summed E-state index contributed by atoms with van der Waals surface area (Å²) < 4.78 is 5.69. The molecule has 5 nitrogen and oxygen atoms in total. The van der Waals surface area contributed by atoms with Crippen LogP contribution in [-0.2, 0) is 17.8 Å². The number of hydrogen-bond donors (Lipinski definition) is 0. The number of hydrogen-bond acceptors (Lipinski definition) is 4. The molecule has 0 aliphatic heterocycles. The van der Waals surface area contributed by atoms with Crippen molar-refractivity contribution in [1.29, 1.82) is 0 Å². The molecule has 1 amide bonds. The lowest BCUT2D eigenvalue weighted by molar-refractivity contribution is -0.131. The maximum absolute atomic E-state index is 13.1. The Kier molecular flexibility index (Phi) is 5.91. The van der Waals surface area contributed by atoms with Gasteiger partial charge in [-0.05, 0) is 62.8 Å². The van der Waals surface area contributed by atoms with E-state index in [4.69, 9.17) is 4.42 Å². The molecule has 3 aromatic rings. The number of carbonyl (C=O) groups excluding carboxylic acids is 1. The normalized spacial score (nSPS) is 11.3. The number of aryl methyl sites for hydroxylation is 2. The molecule has 1 aromatic carbocycles. The Balaban J connectivity index is 1.80. The summed E-state index contributed by atoms with van der Waals surface area (Å²) in [6, 6.07) is 8.06. The number of pyridine rings is 1. The van der Waals surface area contributed by atoms with E-state index in [0.29, 0.717) is 19.5 Å². The number of aromatic nitrogens is 1. The molecular weight excluding hydrogens is 338 g/mol. The van der Waals surface area contributed by atoms with E-state index in [0.717, 1.165) is 28.6 Å². The van der Waals surface area contributed by atoms with Crippen molar-refractivity contribution in [2.45, 2.75) is 26.8 Å². The first-order valence-corrected chi connectivity index (χ1v) is 9.23. The molecule has 0 saturated heterocycles. The second kappa shape index (κ2) is 8.35. The average Bonchev–Trinajstić information content (AvgIpc) is 3.01. The standard InChI is InChI=1S/C22H27N3O2/c1-16-10-20-19(15-27-21(20)11-17(16)2)12-22(26)25(9-8-24(3)4)14-18-6-5-7-23-13-18/h5-7,10-11,13,15H,8-9,12,14H2,1-4H3.